The SMILES string of the molecule is c1ccc(-c2ccc3c(c2)C(c2ccccc2)(c2ccccc2)c2c-3c(-c3ccc4c5ccccc5n(-c5ccccc5)c4c3)cc3ccccc23)cc1. The molecule has 10 aromatic rings. The smallest absolute Gasteiger partial charge is 0.0720 e. The maximum atomic E-state index is 2.47. The normalized spacial score (nSPS) is 13.0. The molecule has 9 aromatic carbocycles. The van der Waals surface area contributed by atoms with E-state index in [1.54, 1.807) is 0 Å². The average molecular weight is 686 g/mol. The number of hydrogen-bond acceptors (Lipinski definition) is 0. The molecule has 1 heteroatoms. The van der Waals surface area contributed by atoms with Gasteiger partial charge in [-0.3, -0.25) is 0 Å². The van der Waals surface area contributed by atoms with Crippen molar-refractivity contribution in [3.63, 3.8) is 0 Å². The molecule has 1 aliphatic rings. The first kappa shape index (κ1) is 30.6. The minimum atomic E-state index is -0.559. The molecule has 0 amide bonds. The third-order valence-corrected chi connectivity index (χ3v) is 11.6. The van der Waals surface area contributed by atoms with Gasteiger partial charge in [0, 0.05) is 16.5 Å². The molecule has 0 N–H and O–H groups in total. The Bertz CT molecular complexity index is 2970. The topological polar surface area (TPSA) is 4.93 Å². The van der Waals surface area contributed by atoms with Crippen LogP contribution in [0.4, 0.5) is 0 Å². The predicted molar refractivity (Wildman–Crippen MR) is 226 cm³/mol. The summed E-state index contributed by atoms with van der Waals surface area (Å²) in [5.74, 6) is 0. The molecule has 0 unspecified atom stereocenters. The van der Waals surface area contributed by atoms with Gasteiger partial charge in [-0.25, -0.2) is 0 Å². The van der Waals surface area contributed by atoms with E-state index in [0.29, 0.717) is 0 Å². The van der Waals surface area contributed by atoms with Crippen molar-refractivity contribution in [2.24, 2.45) is 0 Å². The molecule has 1 heterocycles. The van der Waals surface area contributed by atoms with Crippen molar-refractivity contribution in [1.29, 1.82) is 0 Å². The van der Waals surface area contributed by atoms with Gasteiger partial charge in [-0.2, -0.15) is 0 Å². The van der Waals surface area contributed by atoms with Crippen LogP contribution in [0.3, 0.4) is 0 Å². The van der Waals surface area contributed by atoms with Gasteiger partial charge >= 0.3 is 0 Å². The summed E-state index contributed by atoms with van der Waals surface area (Å²) in [7, 11) is 0. The summed E-state index contributed by atoms with van der Waals surface area (Å²) in [6, 6.07) is 78.4. The Morgan fingerprint density at radius 2 is 0.926 bits per heavy atom. The molecule has 0 bridgehead atoms. The largest absolute Gasteiger partial charge is 0.309 e. The zero-order chi connectivity index (χ0) is 35.6. The van der Waals surface area contributed by atoms with Crippen molar-refractivity contribution in [2.75, 3.05) is 0 Å². The lowest BCUT2D eigenvalue weighted by molar-refractivity contribution is 0.776. The highest BCUT2D eigenvalue weighted by Gasteiger charge is 2.48. The van der Waals surface area contributed by atoms with Crippen LogP contribution in [-0.4, -0.2) is 4.57 Å². The number of fused-ring (bicyclic) bond motifs is 8. The van der Waals surface area contributed by atoms with Gasteiger partial charge in [-0.15, -0.1) is 0 Å². The molecular weight excluding hydrogens is 651 g/mol. The van der Waals surface area contributed by atoms with Crippen LogP contribution in [0.1, 0.15) is 22.3 Å². The van der Waals surface area contributed by atoms with E-state index in [2.05, 4.69) is 217 Å². The van der Waals surface area contributed by atoms with Crippen molar-refractivity contribution >= 4 is 32.6 Å². The van der Waals surface area contributed by atoms with Gasteiger partial charge in [0.05, 0.1) is 16.4 Å². The van der Waals surface area contributed by atoms with Gasteiger partial charge in [0.1, 0.15) is 0 Å². The quantitative estimate of drug-likeness (QED) is 0.170. The first-order valence-electron chi connectivity index (χ1n) is 18.8. The monoisotopic (exact) mass is 685 g/mol. The first-order chi connectivity index (χ1) is 26.8. The summed E-state index contributed by atoms with van der Waals surface area (Å²) in [6.45, 7) is 0. The fraction of sp³-hybridized carbons (Fsp3) is 0.0189. The lowest BCUT2D eigenvalue weighted by atomic mass is 9.66. The van der Waals surface area contributed by atoms with Crippen LogP contribution < -0.4 is 0 Å². The number of para-hydroxylation sites is 2. The first-order valence-corrected chi connectivity index (χ1v) is 18.8. The zero-order valence-corrected chi connectivity index (χ0v) is 29.7. The van der Waals surface area contributed by atoms with Gasteiger partial charge in [0.15, 0.2) is 0 Å². The minimum absolute atomic E-state index is 0.559. The maximum absolute atomic E-state index is 2.47. The van der Waals surface area contributed by atoms with Crippen molar-refractivity contribution in [3.8, 4) is 39.1 Å². The van der Waals surface area contributed by atoms with Crippen LogP contribution in [0.15, 0.2) is 212 Å². The number of nitrogens with zero attached hydrogens (tertiary/aromatic N) is 1. The number of rotatable bonds is 5. The lowest BCUT2D eigenvalue weighted by Crippen LogP contribution is -2.29. The maximum Gasteiger partial charge on any atom is 0.0720 e. The second-order valence-electron chi connectivity index (χ2n) is 14.4. The second-order valence-corrected chi connectivity index (χ2v) is 14.4. The van der Waals surface area contributed by atoms with Gasteiger partial charge in [0.25, 0.3) is 0 Å². The third kappa shape index (κ3) is 4.39. The van der Waals surface area contributed by atoms with Crippen molar-refractivity contribution in [2.45, 2.75) is 5.41 Å². The molecule has 54 heavy (non-hydrogen) atoms. The van der Waals surface area contributed by atoms with E-state index in [-0.39, 0.29) is 0 Å². The van der Waals surface area contributed by atoms with Crippen molar-refractivity contribution < 1.29 is 0 Å². The zero-order valence-electron chi connectivity index (χ0n) is 29.7. The summed E-state index contributed by atoms with van der Waals surface area (Å²) in [5.41, 5.74) is 15.7. The van der Waals surface area contributed by atoms with Crippen LogP contribution in [0.5, 0.6) is 0 Å². The second kappa shape index (κ2) is 12.0. The van der Waals surface area contributed by atoms with Crippen LogP contribution in [0, 0.1) is 0 Å². The third-order valence-electron chi connectivity index (χ3n) is 11.6. The van der Waals surface area contributed by atoms with Crippen LogP contribution in [0.25, 0.3) is 71.6 Å². The van der Waals surface area contributed by atoms with Gasteiger partial charge in [-0.1, -0.05) is 176 Å². The summed E-state index contributed by atoms with van der Waals surface area (Å²) in [5, 5.41) is 5.03. The highest BCUT2D eigenvalue weighted by atomic mass is 15.0. The Hall–Kier alpha value is -6.96. The molecule has 0 fully saturated rings. The Kier molecular flexibility index (Phi) is 6.84. The fourth-order valence-electron chi connectivity index (χ4n) is 9.40. The average Bonchev–Trinajstić information content (AvgIpc) is 3.75. The molecule has 0 atom stereocenters. The van der Waals surface area contributed by atoms with Crippen LogP contribution in [0.2, 0.25) is 0 Å². The van der Waals surface area contributed by atoms with Gasteiger partial charge < -0.3 is 4.57 Å². The van der Waals surface area contributed by atoms with E-state index < -0.39 is 5.41 Å². The Morgan fingerprint density at radius 1 is 0.352 bits per heavy atom. The molecule has 1 aromatic heterocycles. The fourth-order valence-corrected chi connectivity index (χ4v) is 9.40. The van der Waals surface area contributed by atoms with Gasteiger partial charge in [0.2, 0.25) is 0 Å². The predicted octanol–water partition coefficient (Wildman–Crippen LogP) is 13.6. The number of hydrogen-bond donors (Lipinski definition) is 0. The molecule has 252 valence electrons. The van der Waals surface area contributed by atoms with E-state index in [1.807, 2.05) is 0 Å². The summed E-state index contributed by atoms with van der Waals surface area (Å²) in [4.78, 5) is 0. The highest BCUT2D eigenvalue weighted by Crippen LogP contribution is 2.61. The van der Waals surface area contributed by atoms with E-state index in [0.717, 1.165) is 5.69 Å². The van der Waals surface area contributed by atoms with E-state index in [9.17, 15) is 0 Å². The van der Waals surface area contributed by atoms with Gasteiger partial charge in [-0.05, 0) is 103 Å². The summed E-state index contributed by atoms with van der Waals surface area (Å²) in [6.07, 6.45) is 0. The van der Waals surface area contributed by atoms with E-state index in [1.165, 1.54) is 88.2 Å². The molecule has 11 rings (SSSR count). The molecular formula is C53H35N. The molecule has 0 saturated heterocycles. The molecule has 0 radical (unpaired) electrons. The number of benzene rings is 9. The van der Waals surface area contributed by atoms with Crippen LogP contribution >= 0.6 is 0 Å². The standard InChI is InChI=1S/C53H35N/c1-5-17-36(18-6-1)37-29-32-46-48(34-37)53(40-20-7-2-8-21-40,41-22-9-3-10-23-41)52-43-26-14-13-19-38(43)33-47(51(46)52)39-30-31-45-44-27-15-16-28-49(44)54(50(45)35-39)42-24-11-4-12-25-42/h1-35H. The molecule has 0 saturated carbocycles. The molecule has 1 aliphatic carbocycles. The van der Waals surface area contributed by atoms with E-state index >= 15 is 0 Å². The summed E-state index contributed by atoms with van der Waals surface area (Å²) >= 11 is 0. The Labute approximate surface area is 315 Å². The lowest BCUT2D eigenvalue weighted by Gasteiger charge is -2.35. The van der Waals surface area contributed by atoms with Crippen molar-refractivity contribution in [3.05, 3.63) is 235 Å². The van der Waals surface area contributed by atoms with Crippen LogP contribution in [-0.2, 0) is 5.41 Å². The molecule has 0 spiro atoms. The Balaban J connectivity index is 1.30. The minimum Gasteiger partial charge on any atom is -0.309 e. The Morgan fingerprint density at radius 3 is 1.65 bits per heavy atom. The van der Waals surface area contributed by atoms with Crippen molar-refractivity contribution in [1.82, 2.24) is 4.57 Å². The molecule has 0 aliphatic heterocycles. The highest BCUT2D eigenvalue weighted by molar-refractivity contribution is 6.12. The number of aromatic nitrogens is 1. The summed E-state index contributed by atoms with van der Waals surface area (Å²) < 4.78 is 2.42. The van der Waals surface area contributed by atoms with E-state index in [4.69, 9.17) is 0 Å². The molecule has 1 nitrogen and oxygen atoms in total.